The van der Waals surface area contributed by atoms with Gasteiger partial charge in [0.1, 0.15) is 11.5 Å². The van der Waals surface area contributed by atoms with Gasteiger partial charge in [-0.3, -0.25) is 4.79 Å². The molecule has 1 fully saturated rings. The first-order valence-corrected chi connectivity index (χ1v) is 6.32. The van der Waals surface area contributed by atoms with Crippen molar-refractivity contribution in [3.05, 3.63) is 29.8 Å². The summed E-state index contributed by atoms with van der Waals surface area (Å²) in [4.78, 5) is 21.0. The predicted molar refractivity (Wildman–Crippen MR) is 69.2 cm³/mol. The van der Waals surface area contributed by atoms with E-state index in [9.17, 15) is 9.18 Å². The minimum Gasteiger partial charge on any atom is -0.345 e. The van der Waals surface area contributed by atoms with Crippen LogP contribution in [0, 0.1) is 5.82 Å². The van der Waals surface area contributed by atoms with Gasteiger partial charge in [0.15, 0.2) is 0 Å². The Labute approximate surface area is 109 Å². The summed E-state index contributed by atoms with van der Waals surface area (Å²) in [6, 6.07) is 1.51. The number of fused-ring (bicyclic) bond motifs is 1. The third-order valence-corrected chi connectivity index (χ3v) is 3.55. The molecule has 3 N–H and O–H groups in total. The molecule has 100 valence electrons. The molecular weight excluding hydrogens is 247 g/mol. The lowest BCUT2D eigenvalue weighted by Crippen LogP contribution is -2.42. The van der Waals surface area contributed by atoms with Crippen molar-refractivity contribution in [2.75, 3.05) is 13.1 Å². The largest absolute Gasteiger partial charge is 0.345 e. The van der Waals surface area contributed by atoms with Crippen molar-refractivity contribution < 1.29 is 9.18 Å². The summed E-state index contributed by atoms with van der Waals surface area (Å²) in [6.45, 7) is 1.30. The van der Waals surface area contributed by atoms with Gasteiger partial charge in [0.05, 0.1) is 11.8 Å². The lowest BCUT2D eigenvalue weighted by atomic mass is 10.0. The van der Waals surface area contributed by atoms with Crippen LogP contribution in [0.25, 0.3) is 11.0 Å². The number of halogens is 1. The second-order valence-corrected chi connectivity index (χ2v) is 4.88. The van der Waals surface area contributed by atoms with E-state index in [1.165, 1.54) is 6.07 Å². The first kappa shape index (κ1) is 12.1. The molecule has 1 aliphatic rings. The number of aromatic nitrogens is 2. The van der Waals surface area contributed by atoms with Crippen molar-refractivity contribution in [3.63, 3.8) is 0 Å². The zero-order chi connectivity index (χ0) is 13.4. The highest BCUT2D eigenvalue weighted by atomic mass is 19.1. The van der Waals surface area contributed by atoms with Gasteiger partial charge in [-0.15, -0.1) is 0 Å². The van der Waals surface area contributed by atoms with Gasteiger partial charge in [-0.2, -0.15) is 0 Å². The fraction of sp³-hybridized carbons (Fsp3) is 0.385. The number of pyridine rings is 1. The molecule has 2 aromatic heterocycles. The van der Waals surface area contributed by atoms with Crippen LogP contribution in [-0.4, -0.2) is 39.9 Å². The van der Waals surface area contributed by atoms with Crippen molar-refractivity contribution in [1.82, 2.24) is 14.9 Å². The smallest absolute Gasteiger partial charge is 0.256 e. The van der Waals surface area contributed by atoms with E-state index >= 15 is 0 Å². The van der Waals surface area contributed by atoms with Crippen LogP contribution in [-0.2, 0) is 0 Å². The van der Waals surface area contributed by atoms with E-state index < -0.39 is 5.82 Å². The van der Waals surface area contributed by atoms with E-state index in [4.69, 9.17) is 5.73 Å². The topological polar surface area (TPSA) is 75.0 Å². The Morgan fingerprint density at radius 3 is 2.95 bits per heavy atom. The SMILES string of the molecule is NC1CCN(C(=O)c2c[nH]c3ncc(F)cc23)CC1. The summed E-state index contributed by atoms with van der Waals surface area (Å²) in [5, 5.41) is 0.528. The van der Waals surface area contributed by atoms with Gasteiger partial charge in [-0.1, -0.05) is 0 Å². The van der Waals surface area contributed by atoms with Gasteiger partial charge in [0.25, 0.3) is 5.91 Å². The molecule has 1 amide bonds. The van der Waals surface area contributed by atoms with E-state index in [-0.39, 0.29) is 11.9 Å². The molecule has 3 heterocycles. The molecule has 0 radical (unpaired) electrons. The zero-order valence-corrected chi connectivity index (χ0v) is 10.4. The van der Waals surface area contributed by atoms with Crippen LogP contribution < -0.4 is 5.73 Å². The van der Waals surface area contributed by atoms with Crippen LogP contribution in [0.4, 0.5) is 4.39 Å². The molecule has 19 heavy (non-hydrogen) atoms. The normalized spacial score (nSPS) is 17.1. The Bertz CT molecular complexity index is 616. The number of carbonyl (C=O) groups excluding carboxylic acids is 1. The maximum absolute atomic E-state index is 13.2. The third kappa shape index (κ3) is 2.19. The molecule has 0 aliphatic carbocycles. The maximum atomic E-state index is 13.2. The summed E-state index contributed by atoms with van der Waals surface area (Å²) < 4.78 is 13.2. The van der Waals surface area contributed by atoms with Crippen LogP contribution in [0.2, 0.25) is 0 Å². The molecule has 5 nitrogen and oxygen atoms in total. The van der Waals surface area contributed by atoms with E-state index in [2.05, 4.69) is 9.97 Å². The van der Waals surface area contributed by atoms with Gasteiger partial charge >= 0.3 is 0 Å². The number of nitrogens with two attached hydrogens (primary N) is 1. The molecule has 0 spiro atoms. The number of carbonyl (C=O) groups is 1. The number of nitrogens with zero attached hydrogens (tertiary/aromatic N) is 2. The molecule has 1 saturated heterocycles. The Balaban J connectivity index is 1.91. The third-order valence-electron chi connectivity index (χ3n) is 3.55. The molecule has 3 rings (SSSR count). The average Bonchev–Trinajstić information content (AvgIpc) is 2.81. The fourth-order valence-electron chi connectivity index (χ4n) is 2.43. The number of nitrogens with one attached hydrogen (secondary N) is 1. The van der Waals surface area contributed by atoms with Crippen LogP contribution >= 0.6 is 0 Å². The number of piperidine rings is 1. The molecule has 0 saturated carbocycles. The van der Waals surface area contributed by atoms with E-state index in [1.54, 1.807) is 11.1 Å². The van der Waals surface area contributed by atoms with Crippen LogP contribution in [0.5, 0.6) is 0 Å². The number of likely N-dealkylation sites (tertiary alicyclic amines) is 1. The van der Waals surface area contributed by atoms with Gasteiger partial charge in [-0.05, 0) is 18.9 Å². The van der Waals surface area contributed by atoms with Gasteiger partial charge in [0, 0.05) is 30.7 Å². The van der Waals surface area contributed by atoms with Crippen molar-refractivity contribution in [2.24, 2.45) is 5.73 Å². The first-order valence-electron chi connectivity index (χ1n) is 6.32. The minimum atomic E-state index is -0.443. The van der Waals surface area contributed by atoms with Crippen molar-refractivity contribution in [2.45, 2.75) is 18.9 Å². The lowest BCUT2D eigenvalue weighted by Gasteiger charge is -2.30. The van der Waals surface area contributed by atoms with Crippen molar-refractivity contribution in [3.8, 4) is 0 Å². The minimum absolute atomic E-state index is 0.0921. The summed E-state index contributed by atoms with van der Waals surface area (Å²) in [7, 11) is 0. The van der Waals surface area contributed by atoms with Crippen LogP contribution in [0.15, 0.2) is 18.5 Å². The number of rotatable bonds is 1. The van der Waals surface area contributed by atoms with E-state index in [1.807, 2.05) is 0 Å². The highest BCUT2D eigenvalue weighted by molar-refractivity contribution is 6.05. The number of H-pyrrole nitrogens is 1. The Morgan fingerprint density at radius 1 is 1.47 bits per heavy atom. The number of amides is 1. The standard InChI is InChI=1S/C13H15FN4O/c14-8-5-10-11(7-17-12(10)16-6-8)13(19)18-3-1-9(15)2-4-18/h5-7,9H,1-4,15H2,(H,16,17). The predicted octanol–water partition coefficient (Wildman–Crippen LogP) is 1.27. The Hall–Kier alpha value is -1.95. The maximum Gasteiger partial charge on any atom is 0.256 e. The lowest BCUT2D eigenvalue weighted by molar-refractivity contribution is 0.0717. The quantitative estimate of drug-likeness (QED) is 0.812. The van der Waals surface area contributed by atoms with Crippen LogP contribution in [0.3, 0.4) is 0 Å². The molecular formula is C13H15FN4O. The summed E-state index contributed by atoms with van der Waals surface area (Å²) in [5.74, 6) is -0.535. The molecule has 6 heteroatoms. The fourth-order valence-corrected chi connectivity index (χ4v) is 2.43. The summed E-state index contributed by atoms with van der Waals surface area (Å²) in [5.41, 5.74) is 6.82. The molecule has 0 unspecified atom stereocenters. The van der Waals surface area contributed by atoms with Gasteiger partial charge in [-0.25, -0.2) is 9.37 Å². The monoisotopic (exact) mass is 262 g/mol. The highest BCUT2D eigenvalue weighted by Crippen LogP contribution is 2.20. The van der Waals surface area contributed by atoms with E-state index in [0.717, 1.165) is 19.0 Å². The van der Waals surface area contributed by atoms with Gasteiger partial charge < -0.3 is 15.6 Å². The number of hydrogen-bond donors (Lipinski definition) is 2. The molecule has 2 aromatic rings. The Kier molecular flexibility index (Phi) is 2.94. The molecule has 0 aromatic carbocycles. The van der Waals surface area contributed by atoms with Crippen molar-refractivity contribution >= 4 is 16.9 Å². The van der Waals surface area contributed by atoms with Crippen molar-refractivity contribution in [1.29, 1.82) is 0 Å². The second kappa shape index (κ2) is 4.62. The van der Waals surface area contributed by atoms with Gasteiger partial charge in [0.2, 0.25) is 0 Å². The second-order valence-electron chi connectivity index (χ2n) is 4.88. The van der Waals surface area contributed by atoms with E-state index in [0.29, 0.717) is 29.7 Å². The number of hydrogen-bond acceptors (Lipinski definition) is 3. The molecule has 0 atom stereocenters. The Morgan fingerprint density at radius 2 is 2.21 bits per heavy atom. The molecule has 0 bridgehead atoms. The van der Waals surface area contributed by atoms with Crippen LogP contribution in [0.1, 0.15) is 23.2 Å². The first-order chi connectivity index (χ1) is 9.15. The highest BCUT2D eigenvalue weighted by Gasteiger charge is 2.23. The summed E-state index contributed by atoms with van der Waals surface area (Å²) in [6.07, 6.45) is 4.34. The average molecular weight is 262 g/mol. The zero-order valence-electron chi connectivity index (χ0n) is 10.4. The number of aromatic amines is 1. The molecule has 1 aliphatic heterocycles. The summed E-state index contributed by atoms with van der Waals surface area (Å²) >= 11 is 0.